The van der Waals surface area contributed by atoms with Crippen molar-refractivity contribution >= 4 is 35.2 Å². The van der Waals surface area contributed by atoms with Crippen molar-refractivity contribution in [2.24, 2.45) is 0 Å². The van der Waals surface area contributed by atoms with E-state index in [4.69, 9.17) is 16.7 Å². The highest BCUT2D eigenvalue weighted by atomic mass is 35.5. The Morgan fingerprint density at radius 2 is 2.08 bits per heavy atom. The lowest BCUT2D eigenvalue weighted by Gasteiger charge is -2.35. The van der Waals surface area contributed by atoms with E-state index >= 15 is 0 Å². The third-order valence-corrected chi connectivity index (χ3v) is 5.03. The smallest absolute Gasteiger partial charge is 0.358 e. The lowest BCUT2D eigenvalue weighted by atomic mass is 10.1. The first-order valence-electron chi connectivity index (χ1n) is 7.30. The number of carbonyl (C=O) groups excluding carboxylic acids is 1. The Bertz CT molecular complexity index is 749. The number of hydrogen-bond acceptors (Lipinski definition) is 5. The number of amides is 1. The number of benzene rings is 1. The topological polar surface area (TPSA) is 88.3 Å². The molecule has 9 heteroatoms. The van der Waals surface area contributed by atoms with E-state index < -0.39 is 5.97 Å². The third kappa shape index (κ3) is 3.70. The molecule has 0 radical (unpaired) electrons. The van der Waals surface area contributed by atoms with Gasteiger partial charge in [-0.15, -0.1) is 5.10 Å². The number of nitrogens with zero attached hydrogens (tertiary/aromatic N) is 4. The second kappa shape index (κ2) is 7.23. The van der Waals surface area contributed by atoms with Crippen LogP contribution in [0.15, 0.2) is 30.5 Å². The van der Waals surface area contributed by atoms with E-state index in [2.05, 4.69) is 10.3 Å². The summed E-state index contributed by atoms with van der Waals surface area (Å²) in [5.74, 6) is 0.401. The fourth-order valence-corrected chi connectivity index (χ4v) is 3.78. The molecule has 0 bridgehead atoms. The Kier molecular flexibility index (Phi) is 5.06. The second-order valence-corrected chi connectivity index (χ2v) is 6.92. The predicted octanol–water partition coefficient (Wildman–Crippen LogP) is 1.95. The van der Waals surface area contributed by atoms with Gasteiger partial charge in [-0.1, -0.05) is 28.9 Å². The Balaban J connectivity index is 1.75. The molecule has 1 unspecified atom stereocenters. The van der Waals surface area contributed by atoms with Crippen molar-refractivity contribution < 1.29 is 14.7 Å². The van der Waals surface area contributed by atoms with Gasteiger partial charge in [0.1, 0.15) is 6.54 Å². The minimum atomic E-state index is -1.16. The van der Waals surface area contributed by atoms with E-state index in [1.165, 1.54) is 10.9 Å². The number of rotatable bonds is 4. The molecule has 1 atom stereocenters. The summed E-state index contributed by atoms with van der Waals surface area (Å²) in [6, 6.07) is 7.45. The Labute approximate surface area is 147 Å². The normalized spacial score (nSPS) is 17.7. The lowest BCUT2D eigenvalue weighted by molar-refractivity contribution is -0.134. The van der Waals surface area contributed by atoms with Gasteiger partial charge >= 0.3 is 5.97 Å². The molecule has 1 fully saturated rings. The van der Waals surface area contributed by atoms with E-state index in [1.54, 1.807) is 11.8 Å². The first-order valence-corrected chi connectivity index (χ1v) is 8.84. The summed E-state index contributed by atoms with van der Waals surface area (Å²) in [5.41, 5.74) is 0.857. The predicted molar refractivity (Wildman–Crippen MR) is 90.2 cm³/mol. The Morgan fingerprint density at radius 3 is 2.75 bits per heavy atom. The molecule has 0 spiro atoms. The van der Waals surface area contributed by atoms with Gasteiger partial charge in [0.2, 0.25) is 5.91 Å². The highest BCUT2D eigenvalue weighted by Gasteiger charge is 2.28. The average molecular weight is 367 g/mol. The van der Waals surface area contributed by atoms with Gasteiger partial charge in [-0.2, -0.15) is 11.8 Å². The quantitative estimate of drug-likeness (QED) is 0.889. The molecule has 0 aliphatic carbocycles. The maximum atomic E-state index is 12.7. The molecule has 7 nitrogen and oxygen atoms in total. The van der Waals surface area contributed by atoms with Gasteiger partial charge in [0.25, 0.3) is 0 Å². The Hall–Kier alpha value is -2.06. The molecule has 1 aromatic heterocycles. The molecule has 0 saturated carbocycles. The number of carboxylic acid groups (broad SMARTS) is 1. The minimum absolute atomic E-state index is 0.0315. The molecule has 24 heavy (non-hydrogen) atoms. The molecule has 2 heterocycles. The van der Waals surface area contributed by atoms with E-state index in [0.717, 1.165) is 17.1 Å². The standard InChI is InChI=1S/C15H15ClN4O3S/c16-11-3-1-10(2-4-11)13-9-24-6-5-20(13)14(21)8-19-7-12(15(22)23)17-18-19/h1-4,7,13H,5-6,8-9H2,(H,22,23). The fourth-order valence-electron chi connectivity index (χ4n) is 2.57. The maximum Gasteiger partial charge on any atom is 0.358 e. The van der Waals surface area contributed by atoms with E-state index in [9.17, 15) is 9.59 Å². The summed E-state index contributed by atoms with van der Waals surface area (Å²) in [6.07, 6.45) is 1.26. The van der Waals surface area contributed by atoms with Crippen LogP contribution >= 0.6 is 23.4 Å². The van der Waals surface area contributed by atoms with E-state index in [0.29, 0.717) is 11.6 Å². The fraction of sp³-hybridized carbons (Fsp3) is 0.333. The van der Waals surface area contributed by atoms with Crippen molar-refractivity contribution in [1.29, 1.82) is 0 Å². The molecule has 2 aromatic rings. The third-order valence-electron chi connectivity index (χ3n) is 3.76. The zero-order valence-corrected chi connectivity index (χ0v) is 14.2. The van der Waals surface area contributed by atoms with E-state index in [1.807, 2.05) is 29.2 Å². The molecule has 3 rings (SSSR count). The summed E-state index contributed by atoms with van der Waals surface area (Å²) in [4.78, 5) is 25.3. The van der Waals surface area contributed by atoms with Crippen molar-refractivity contribution in [3.63, 3.8) is 0 Å². The minimum Gasteiger partial charge on any atom is -0.476 e. The highest BCUT2D eigenvalue weighted by molar-refractivity contribution is 7.99. The Morgan fingerprint density at radius 1 is 1.33 bits per heavy atom. The summed E-state index contributed by atoms with van der Waals surface area (Å²) < 4.78 is 1.26. The zero-order valence-electron chi connectivity index (χ0n) is 12.6. The van der Waals surface area contributed by atoms with Crippen molar-refractivity contribution in [2.75, 3.05) is 18.1 Å². The monoisotopic (exact) mass is 366 g/mol. The van der Waals surface area contributed by atoms with Crippen LogP contribution < -0.4 is 0 Å². The zero-order chi connectivity index (χ0) is 17.1. The number of carbonyl (C=O) groups is 2. The molecule has 1 aliphatic heterocycles. The molecule has 126 valence electrons. The van der Waals surface area contributed by atoms with Gasteiger partial charge in [-0.3, -0.25) is 4.79 Å². The van der Waals surface area contributed by atoms with Gasteiger partial charge in [0.15, 0.2) is 5.69 Å². The van der Waals surface area contributed by atoms with Crippen LogP contribution in [0.4, 0.5) is 0 Å². The highest BCUT2D eigenvalue weighted by Crippen LogP contribution is 2.30. The summed E-state index contributed by atoms with van der Waals surface area (Å²) in [6.45, 7) is 0.603. The van der Waals surface area contributed by atoms with Crippen LogP contribution in [0.2, 0.25) is 5.02 Å². The number of carboxylic acids is 1. The van der Waals surface area contributed by atoms with Crippen LogP contribution in [-0.4, -0.2) is 54.9 Å². The van der Waals surface area contributed by atoms with Gasteiger partial charge in [-0.05, 0) is 17.7 Å². The summed E-state index contributed by atoms with van der Waals surface area (Å²) in [5, 5.41) is 16.7. The maximum absolute atomic E-state index is 12.7. The molecular formula is C15H15ClN4O3S. The van der Waals surface area contributed by atoms with Gasteiger partial charge in [0.05, 0.1) is 12.2 Å². The second-order valence-electron chi connectivity index (χ2n) is 5.34. The van der Waals surface area contributed by atoms with Crippen LogP contribution in [0.3, 0.4) is 0 Å². The van der Waals surface area contributed by atoms with Crippen LogP contribution in [-0.2, 0) is 11.3 Å². The van der Waals surface area contributed by atoms with Crippen LogP contribution in [0.5, 0.6) is 0 Å². The molecule has 1 saturated heterocycles. The van der Waals surface area contributed by atoms with Crippen molar-refractivity contribution in [3.8, 4) is 0 Å². The van der Waals surface area contributed by atoms with Crippen molar-refractivity contribution in [3.05, 3.63) is 46.7 Å². The molecule has 1 amide bonds. The number of thioether (sulfide) groups is 1. The van der Waals surface area contributed by atoms with Crippen LogP contribution in [0, 0.1) is 0 Å². The molecule has 1 N–H and O–H groups in total. The molecule has 1 aromatic carbocycles. The first-order chi connectivity index (χ1) is 11.5. The van der Waals surface area contributed by atoms with Gasteiger partial charge < -0.3 is 10.0 Å². The van der Waals surface area contributed by atoms with Gasteiger partial charge in [-0.25, -0.2) is 9.48 Å². The number of hydrogen-bond donors (Lipinski definition) is 1. The number of halogens is 1. The average Bonchev–Trinajstić information content (AvgIpc) is 3.04. The SMILES string of the molecule is O=C(O)c1cn(CC(=O)N2CCSCC2c2ccc(Cl)cc2)nn1. The largest absolute Gasteiger partial charge is 0.476 e. The number of aromatic carboxylic acids is 1. The van der Waals surface area contributed by atoms with Crippen molar-refractivity contribution in [1.82, 2.24) is 19.9 Å². The van der Waals surface area contributed by atoms with Crippen molar-refractivity contribution in [2.45, 2.75) is 12.6 Å². The number of aromatic nitrogens is 3. The first kappa shape index (κ1) is 16.8. The van der Waals surface area contributed by atoms with Gasteiger partial charge in [0, 0.05) is 23.1 Å². The summed E-state index contributed by atoms with van der Waals surface area (Å²) in [7, 11) is 0. The lowest BCUT2D eigenvalue weighted by Crippen LogP contribution is -2.42. The van der Waals surface area contributed by atoms with E-state index in [-0.39, 0.29) is 24.2 Å². The molecular weight excluding hydrogens is 352 g/mol. The van der Waals surface area contributed by atoms with Crippen LogP contribution in [0.1, 0.15) is 22.1 Å². The summed E-state index contributed by atoms with van der Waals surface area (Å²) >= 11 is 7.73. The molecule has 1 aliphatic rings. The van der Waals surface area contributed by atoms with Crippen LogP contribution in [0.25, 0.3) is 0 Å².